The number of para-hydroxylation sites is 1. The summed E-state index contributed by atoms with van der Waals surface area (Å²) in [4.78, 5) is 2.06. The molecule has 104 valence electrons. The van der Waals surface area contributed by atoms with E-state index in [0.717, 1.165) is 22.9 Å². The summed E-state index contributed by atoms with van der Waals surface area (Å²) in [5, 5.41) is 8.56. The number of aromatic nitrogens is 2. The Morgan fingerprint density at radius 1 is 1.40 bits per heavy atom. The van der Waals surface area contributed by atoms with E-state index in [1.54, 1.807) is 0 Å². The average Bonchev–Trinajstić information content (AvgIpc) is 3.16. The molecule has 0 atom stereocenters. The summed E-state index contributed by atoms with van der Waals surface area (Å²) >= 11 is 5.38. The van der Waals surface area contributed by atoms with Crippen molar-refractivity contribution in [3.05, 3.63) is 48.3 Å². The Labute approximate surface area is 124 Å². The molecule has 1 N–H and O–H groups in total. The predicted octanol–water partition coefficient (Wildman–Crippen LogP) is 2.34. The molecular weight excluding hydrogens is 268 g/mol. The van der Waals surface area contributed by atoms with Gasteiger partial charge < -0.3 is 10.2 Å². The maximum absolute atomic E-state index is 5.38. The molecule has 2 aromatic rings. The van der Waals surface area contributed by atoms with Crippen molar-refractivity contribution < 1.29 is 0 Å². The van der Waals surface area contributed by atoms with Crippen LogP contribution in [0.25, 0.3) is 5.69 Å². The largest absolute Gasteiger partial charge is 0.360 e. The van der Waals surface area contributed by atoms with E-state index in [2.05, 4.69) is 15.3 Å². The molecule has 3 rings (SSSR count). The molecule has 1 aromatic heterocycles. The van der Waals surface area contributed by atoms with Crippen LogP contribution in [0, 0.1) is 0 Å². The Hall–Kier alpha value is -1.88. The molecule has 0 radical (unpaired) electrons. The van der Waals surface area contributed by atoms with E-state index < -0.39 is 0 Å². The molecule has 1 heterocycles. The molecule has 0 bridgehead atoms. The van der Waals surface area contributed by atoms with Gasteiger partial charge in [-0.15, -0.1) is 0 Å². The number of nitrogens with one attached hydrogen (secondary N) is 1. The van der Waals surface area contributed by atoms with Crippen molar-refractivity contribution in [2.24, 2.45) is 0 Å². The summed E-state index contributed by atoms with van der Waals surface area (Å²) in [5.41, 5.74) is 2.22. The van der Waals surface area contributed by atoms with Crippen molar-refractivity contribution in [2.45, 2.75) is 25.4 Å². The van der Waals surface area contributed by atoms with E-state index in [0.29, 0.717) is 6.04 Å². The second kappa shape index (κ2) is 5.63. The molecule has 0 saturated heterocycles. The van der Waals surface area contributed by atoms with E-state index in [9.17, 15) is 0 Å². The predicted molar refractivity (Wildman–Crippen MR) is 83.8 cm³/mol. The van der Waals surface area contributed by atoms with Gasteiger partial charge in [0.05, 0.1) is 11.9 Å². The summed E-state index contributed by atoms with van der Waals surface area (Å²) in [7, 11) is 2.01. The van der Waals surface area contributed by atoms with Crippen molar-refractivity contribution in [1.29, 1.82) is 0 Å². The zero-order valence-electron chi connectivity index (χ0n) is 11.5. The van der Waals surface area contributed by atoms with Crippen LogP contribution in [-0.2, 0) is 6.54 Å². The Morgan fingerprint density at radius 2 is 2.15 bits per heavy atom. The highest BCUT2D eigenvalue weighted by Crippen LogP contribution is 2.19. The fraction of sp³-hybridized carbons (Fsp3) is 0.333. The molecule has 20 heavy (non-hydrogen) atoms. The van der Waals surface area contributed by atoms with Gasteiger partial charge in [0.15, 0.2) is 5.11 Å². The molecule has 0 amide bonds. The van der Waals surface area contributed by atoms with Gasteiger partial charge in [0.2, 0.25) is 0 Å². The molecule has 1 aliphatic carbocycles. The van der Waals surface area contributed by atoms with Crippen LogP contribution in [0.5, 0.6) is 0 Å². The highest BCUT2D eigenvalue weighted by atomic mass is 32.1. The highest BCUT2D eigenvalue weighted by Gasteiger charge is 2.22. The van der Waals surface area contributed by atoms with Gasteiger partial charge in [0.25, 0.3) is 0 Å². The second-order valence-electron chi connectivity index (χ2n) is 5.21. The summed E-state index contributed by atoms with van der Waals surface area (Å²) in [6.45, 7) is 0.769. The zero-order chi connectivity index (χ0) is 13.9. The third-order valence-electron chi connectivity index (χ3n) is 3.33. The van der Waals surface area contributed by atoms with E-state index in [4.69, 9.17) is 12.2 Å². The Kier molecular flexibility index (Phi) is 3.69. The number of benzene rings is 1. The highest BCUT2D eigenvalue weighted by molar-refractivity contribution is 7.80. The van der Waals surface area contributed by atoms with Gasteiger partial charge >= 0.3 is 0 Å². The van der Waals surface area contributed by atoms with Crippen LogP contribution in [0.2, 0.25) is 0 Å². The minimum absolute atomic E-state index is 0.594. The Bertz CT molecular complexity index is 589. The first kappa shape index (κ1) is 13.1. The normalized spacial score (nSPS) is 14.1. The van der Waals surface area contributed by atoms with Gasteiger partial charge in [0.1, 0.15) is 0 Å². The monoisotopic (exact) mass is 286 g/mol. The molecule has 4 nitrogen and oxygen atoms in total. The molecule has 5 heteroatoms. The third kappa shape index (κ3) is 3.17. The first-order valence-corrected chi connectivity index (χ1v) is 7.24. The average molecular weight is 286 g/mol. The van der Waals surface area contributed by atoms with Crippen molar-refractivity contribution in [3.8, 4) is 5.69 Å². The summed E-state index contributed by atoms with van der Waals surface area (Å²) < 4.78 is 1.89. The second-order valence-corrected chi connectivity index (χ2v) is 5.60. The fourth-order valence-corrected chi connectivity index (χ4v) is 2.25. The number of hydrogen-bond acceptors (Lipinski definition) is 2. The molecule has 0 aliphatic heterocycles. The van der Waals surface area contributed by atoms with Crippen molar-refractivity contribution in [1.82, 2.24) is 20.0 Å². The van der Waals surface area contributed by atoms with Crippen LogP contribution in [0.3, 0.4) is 0 Å². The first-order valence-electron chi connectivity index (χ1n) is 6.83. The van der Waals surface area contributed by atoms with Gasteiger partial charge in [0, 0.05) is 31.4 Å². The van der Waals surface area contributed by atoms with Crippen molar-refractivity contribution in [2.75, 3.05) is 7.05 Å². The summed E-state index contributed by atoms with van der Waals surface area (Å²) in [6, 6.07) is 10.7. The van der Waals surface area contributed by atoms with Crippen molar-refractivity contribution in [3.63, 3.8) is 0 Å². The molecule has 0 unspecified atom stereocenters. The van der Waals surface area contributed by atoms with E-state index in [1.165, 1.54) is 12.8 Å². The molecule has 1 aromatic carbocycles. The smallest absolute Gasteiger partial charge is 0.169 e. The maximum atomic E-state index is 5.38. The SMILES string of the molecule is CN(Cc1cnn(-c2ccccc2)c1)C(=S)NC1CC1. The lowest BCUT2D eigenvalue weighted by Gasteiger charge is -2.20. The quantitative estimate of drug-likeness (QED) is 0.875. The molecule has 1 aliphatic rings. The lowest BCUT2D eigenvalue weighted by Crippen LogP contribution is -2.37. The van der Waals surface area contributed by atoms with E-state index in [1.807, 2.05) is 54.5 Å². The number of hydrogen-bond donors (Lipinski definition) is 1. The molecular formula is C15H18N4S. The topological polar surface area (TPSA) is 33.1 Å². The molecule has 1 fully saturated rings. The van der Waals surface area contributed by atoms with Crippen molar-refractivity contribution >= 4 is 17.3 Å². The van der Waals surface area contributed by atoms with Crippen LogP contribution >= 0.6 is 12.2 Å². The van der Waals surface area contributed by atoms with Crippen LogP contribution in [0.15, 0.2) is 42.7 Å². The van der Waals surface area contributed by atoms with Gasteiger partial charge in [-0.25, -0.2) is 4.68 Å². The Balaban J connectivity index is 1.63. The minimum atomic E-state index is 0.594. The maximum Gasteiger partial charge on any atom is 0.169 e. The zero-order valence-corrected chi connectivity index (χ0v) is 12.3. The lowest BCUT2D eigenvalue weighted by molar-refractivity contribution is 0.488. The number of nitrogens with zero attached hydrogens (tertiary/aromatic N) is 3. The van der Waals surface area contributed by atoms with Gasteiger partial charge in [-0.05, 0) is 37.2 Å². The summed E-state index contributed by atoms with van der Waals surface area (Å²) in [6.07, 6.45) is 6.41. The van der Waals surface area contributed by atoms with E-state index in [-0.39, 0.29) is 0 Å². The molecule has 0 spiro atoms. The van der Waals surface area contributed by atoms with Gasteiger partial charge in [-0.2, -0.15) is 5.10 Å². The van der Waals surface area contributed by atoms with Crippen LogP contribution in [0.4, 0.5) is 0 Å². The minimum Gasteiger partial charge on any atom is -0.360 e. The van der Waals surface area contributed by atoms with Crippen LogP contribution in [0.1, 0.15) is 18.4 Å². The number of thiocarbonyl (C=S) groups is 1. The summed E-state index contributed by atoms with van der Waals surface area (Å²) in [5.74, 6) is 0. The molecule has 1 saturated carbocycles. The van der Waals surface area contributed by atoms with Crippen LogP contribution in [-0.4, -0.2) is 32.9 Å². The Morgan fingerprint density at radius 3 is 2.85 bits per heavy atom. The number of rotatable bonds is 4. The lowest BCUT2D eigenvalue weighted by atomic mass is 10.3. The fourth-order valence-electron chi connectivity index (χ4n) is 2.02. The van der Waals surface area contributed by atoms with E-state index >= 15 is 0 Å². The standard InChI is InChI=1S/C15H18N4S/c1-18(15(20)17-13-7-8-13)10-12-9-16-19(11-12)14-5-3-2-4-6-14/h2-6,9,11,13H,7-8,10H2,1H3,(H,17,20). The van der Waals surface area contributed by atoms with Crippen LogP contribution < -0.4 is 5.32 Å². The van der Waals surface area contributed by atoms with Gasteiger partial charge in [-0.3, -0.25) is 0 Å². The van der Waals surface area contributed by atoms with Gasteiger partial charge in [-0.1, -0.05) is 18.2 Å². The third-order valence-corrected chi connectivity index (χ3v) is 3.76. The first-order chi connectivity index (χ1) is 9.72.